The number of unbranched alkanes of at least 4 members (excludes halogenated alkanes) is 20. The maximum atomic E-state index is 12.8. The summed E-state index contributed by atoms with van der Waals surface area (Å²) in [5.41, 5.74) is 1.14. The van der Waals surface area contributed by atoms with Gasteiger partial charge in [-0.05, 0) is 82.6 Å². The predicted molar refractivity (Wildman–Crippen MR) is 247 cm³/mol. The Bertz CT molecular complexity index is 1030. The molecule has 1 aromatic rings. The van der Waals surface area contributed by atoms with Crippen molar-refractivity contribution in [1.82, 2.24) is 0 Å². The molecule has 0 saturated heterocycles. The summed E-state index contributed by atoms with van der Waals surface area (Å²) in [5, 5.41) is 0. The SMILES string of the molecule is CCCCCCCCC(CCCCCC)OC(=O)CCCCCOCC(COCc1ccccc1)OCCCCCC(=O)OC(CCCCCC)CCCCCCCC. The van der Waals surface area contributed by atoms with Crippen LogP contribution in [-0.2, 0) is 39.9 Å². The summed E-state index contributed by atoms with van der Waals surface area (Å²) >= 11 is 0. The molecule has 0 aliphatic heterocycles. The Labute approximate surface area is 364 Å². The summed E-state index contributed by atoms with van der Waals surface area (Å²) in [7, 11) is 0. The first-order chi connectivity index (χ1) is 29.0. The van der Waals surface area contributed by atoms with Crippen LogP contribution in [-0.4, -0.2) is 56.7 Å². The van der Waals surface area contributed by atoms with Gasteiger partial charge in [-0.25, -0.2) is 0 Å². The molecule has 0 saturated carbocycles. The van der Waals surface area contributed by atoms with Crippen molar-refractivity contribution in [3.8, 4) is 0 Å². The number of carbonyl (C=O) groups is 2. The largest absolute Gasteiger partial charge is 0.462 e. The van der Waals surface area contributed by atoms with Crippen LogP contribution in [0.1, 0.15) is 239 Å². The van der Waals surface area contributed by atoms with E-state index in [0.29, 0.717) is 45.9 Å². The van der Waals surface area contributed by atoms with Crippen LogP contribution in [0.2, 0.25) is 0 Å². The second-order valence-corrected chi connectivity index (χ2v) is 17.2. The maximum absolute atomic E-state index is 12.8. The number of rotatable bonds is 45. The molecule has 7 heteroatoms. The van der Waals surface area contributed by atoms with Gasteiger partial charge in [0.2, 0.25) is 0 Å². The Hall–Kier alpha value is -1.96. The van der Waals surface area contributed by atoms with E-state index in [0.717, 1.165) is 95.5 Å². The number of benzene rings is 1. The summed E-state index contributed by atoms with van der Waals surface area (Å²) in [6.45, 7) is 11.7. The lowest BCUT2D eigenvalue weighted by Gasteiger charge is -2.19. The summed E-state index contributed by atoms with van der Waals surface area (Å²) in [6, 6.07) is 10.2. The third-order valence-electron chi connectivity index (χ3n) is 11.4. The molecule has 344 valence electrons. The smallest absolute Gasteiger partial charge is 0.306 e. The summed E-state index contributed by atoms with van der Waals surface area (Å²) in [5.74, 6) is -0.0795. The fourth-order valence-electron chi connectivity index (χ4n) is 7.61. The molecule has 59 heavy (non-hydrogen) atoms. The van der Waals surface area contributed by atoms with E-state index in [9.17, 15) is 9.59 Å². The van der Waals surface area contributed by atoms with E-state index >= 15 is 0 Å². The summed E-state index contributed by atoms with van der Waals surface area (Å²) in [4.78, 5) is 25.5. The van der Waals surface area contributed by atoms with Crippen LogP contribution in [0.3, 0.4) is 0 Å². The summed E-state index contributed by atoms with van der Waals surface area (Å²) in [6.07, 6.45) is 35.1. The zero-order chi connectivity index (χ0) is 42.7. The topological polar surface area (TPSA) is 80.3 Å². The maximum Gasteiger partial charge on any atom is 0.306 e. The van der Waals surface area contributed by atoms with Crippen LogP contribution in [0.4, 0.5) is 0 Å². The summed E-state index contributed by atoms with van der Waals surface area (Å²) < 4.78 is 30.4. The van der Waals surface area contributed by atoms with Crippen LogP contribution < -0.4 is 0 Å². The first kappa shape index (κ1) is 55.1. The highest BCUT2D eigenvalue weighted by Gasteiger charge is 2.16. The second kappa shape index (κ2) is 42.7. The van der Waals surface area contributed by atoms with Gasteiger partial charge in [-0.1, -0.05) is 174 Å². The minimum atomic E-state index is -0.157. The molecule has 0 aromatic heterocycles. The van der Waals surface area contributed by atoms with E-state index < -0.39 is 0 Å². The van der Waals surface area contributed by atoms with Crippen LogP contribution in [0.25, 0.3) is 0 Å². The van der Waals surface area contributed by atoms with Crippen LogP contribution in [0.5, 0.6) is 0 Å². The Morgan fingerprint density at radius 3 is 1.29 bits per heavy atom. The van der Waals surface area contributed by atoms with Crippen molar-refractivity contribution >= 4 is 11.9 Å². The van der Waals surface area contributed by atoms with Gasteiger partial charge in [0.05, 0.1) is 19.8 Å². The van der Waals surface area contributed by atoms with Gasteiger partial charge in [-0.15, -0.1) is 0 Å². The van der Waals surface area contributed by atoms with E-state index in [-0.39, 0.29) is 30.3 Å². The Morgan fingerprint density at radius 2 is 0.814 bits per heavy atom. The van der Waals surface area contributed by atoms with E-state index in [2.05, 4.69) is 39.8 Å². The first-order valence-electron chi connectivity index (χ1n) is 25.2. The van der Waals surface area contributed by atoms with Crippen LogP contribution in [0.15, 0.2) is 30.3 Å². The van der Waals surface area contributed by atoms with Gasteiger partial charge in [0.1, 0.15) is 18.3 Å². The van der Waals surface area contributed by atoms with E-state index in [4.69, 9.17) is 23.7 Å². The Morgan fingerprint density at radius 1 is 0.424 bits per heavy atom. The molecular weight excluding hydrogens is 737 g/mol. The van der Waals surface area contributed by atoms with Crippen molar-refractivity contribution in [2.75, 3.05) is 26.4 Å². The lowest BCUT2D eigenvalue weighted by Crippen LogP contribution is -2.26. The standard InChI is InChI=1S/C52H94O7/c1-5-9-13-17-19-28-38-48(36-26-15-11-7-3)58-51(53)40-30-22-32-42-55-45-50(46-56-44-47-34-24-21-25-35-47)57-43-33-23-31-41-52(54)59-49(37-27-16-12-8-4)39-29-20-18-14-10-6-2/h21,24-25,34-35,48-50H,5-20,22-23,26-33,36-46H2,1-4H3. The number of esters is 2. The molecule has 0 heterocycles. The third-order valence-corrected chi connectivity index (χ3v) is 11.4. The molecule has 0 amide bonds. The zero-order valence-electron chi connectivity index (χ0n) is 39.1. The Kier molecular flexibility index (Phi) is 39.9. The highest BCUT2D eigenvalue weighted by molar-refractivity contribution is 5.69. The van der Waals surface area contributed by atoms with Gasteiger partial charge in [0.25, 0.3) is 0 Å². The molecule has 0 fully saturated rings. The van der Waals surface area contributed by atoms with E-state index in [1.807, 2.05) is 18.2 Å². The molecule has 0 bridgehead atoms. The van der Waals surface area contributed by atoms with Gasteiger partial charge >= 0.3 is 11.9 Å². The monoisotopic (exact) mass is 831 g/mol. The number of carbonyl (C=O) groups excluding carboxylic acids is 2. The van der Waals surface area contributed by atoms with Crippen molar-refractivity contribution < 1.29 is 33.3 Å². The number of hydrogen-bond acceptors (Lipinski definition) is 7. The third kappa shape index (κ3) is 36.4. The highest BCUT2D eigenvalue weighted by Crippen LogP contribution is 2.19. The molecular formula is C52H94O7. The molecule has 1 aromatic carbocycles. The van der Waals surface area contributed by atoms with Crippen molar-refractivity contribution in [2.45, 2.75) is 258 Å². The fourth-order valence-corrected chi connectivity index (χ4v) is 7.61. The van der Waals surface area contributed by atoms with Gasteiger partial charge in [-0.2, -0.15) is 0 Å². The lowest BCUT2D eigenvalue weighted by molar-refractivity contribution is -0.151. The van der Waals surface area contributed by atoms with Crippen molar-refractivity contribution in [3.05, 3.63) is 35.9 Å². The van der Waals surface area contributed by atoms with Crippen molar-refractivity contribution in [1.29, 1.82) is 0 Å². The van der Waals surface area contributed by atoms with Crippen LogP contribution in [0, 0.1) is 0 Å². The zero-order valence-corrected chi connectivity index (χ0v) is 39.1. The molecule has 3 unspecified atom stereocenters. The number of ether oxygens (including phenoxy) is 5. The second-order valence-electron chi connectivity index (χ2n) is 17.2. The fraction of sp³-hybridized carbons (Fsp3) is 0.846. The molecule has 0 spiro atoms. The molecule has 0 N–H and O–H groups in total. The molecule has 0 radical (unpaired) electrons. The average molecular weight is 831 g/mol. The first-order valence-corrected chi connectivity index (χ1v) is 25.2. The minimum Gasteiger partial charge on any atom is -0.462 e. The highest BCUT2D eigenvalue weighted by atomic mass is 16.6. The van der Waals surface area contributed by atoms with Gasteiger partial charge in [0, 0.05) is 26.1 Å². The molecule has 7 nitrogen and oxygen atoms in total. The van der Waals surface area contributed by atoms with Gasteiger partial charge in [-0.3, -0.25) is 9.59 Å². The van der Waals surface area contributed by atoms with Crippen LogP contribution >= 0.6 is 0 Å². The van der Waals surface area contributed by atoms with Crippen molar-refractivity contribution in [3.63, 3.8) is 0 Å². The van der Waals surface area contributed by atoms with Crippen molar-refractivity contribution in [2.24, 2.45) is 0 Å². The quantitative estimate of drug-likeness (QED) is 0.0478. The van der Waals surface area contributed by atoms with E-state index in [1.54, 1.807) is 0 Å². The average Bonchev–Trinajstić information content (AvgIpc) is 3.24. The molecule has 1 rings (SSSR count). The van der Waals surface area contributed by atoms with E-state index in [1.165, 1.54) is 103 Å². The molecule has 3 atom stereocenters. The Balaban J connectivity index is 2.39. The van der Waals surface area contributed by atoms with Gasteiger partial charge < -0.3 is 23.7 Å². The normalized spacial score (nSPS) is 13.0. The lowest BCUT2D eigenvalue weighted by atomic mass is 10.0. The number of hydrogen-bond donors (Lipinski definition) is 0. The molecule has 0 aliphatic rings. The minimum absolute atomic E-state index is 0.0381. The predicted octanol–water partition coefficient (Wildman–Crippen LogP) is 15.0. The molecule has 0 aliphatic carbocycles. The van der Waals surface area contributed by atoms with Gasteiger partial charge in [0.15, 0.2) is 0 Å².